The van der Waals surface area contributed by atoms with Gasteiger partial charge in [-0.25, -0.2) is 9.50 Å². The molecule has 0 saturated carbocycles. The standard InChI is InChI=1S/C14H14N4O2/c1-19-12-5-3-4-10(14(12)20-2)11-6-13-16-7-9(15)8-18(13)17-11/h3-8H,15H2,1-2H3. The lowest BCUT2D eigenvalue weighted by atomic mass is 10.1. The first kappa shape index (κ1) is 12.3. The number of hydrogen-bond donors (Lipinski definition) is 1. The highest BCUT2D eigenvalue weighted by molar-refractivity contribution is 5.73. The zero-order chi connectivity index (χ0) is 14.1. The second kappa shape index (κ2) is 4.73. The monoisotopic (exact) mass is 270 g/mol. The molecule has 0 aliphatic rings. The average Bonchev–Trinajstić information content (AvgIpc) is 2.88. The Morgan fingerprint density at radius 1 is 1.20 bits per heavy atom. The first-order valence-corrected chi connectivity index (χ1v) is 6.05. The number of nitrogens with two attached hydrogens (primary N) is 1. The molecule has 0 aliphatic heterocycles. The molecule has 0 unspecified atom stereocenters. The molecular formula is C14H14N4O2. The zero-order valence-electron chi connectivity index (χ0n) is 11.2. The summed E-state index contributed by atoms with van der Waals surface area (Å²) in [6, 6.07) is 7.53. The maximum atomic E-state index is 5.71. The summed E-state index contributed by atoms with van der Waals surface area (Å²) in [5.74, 6) is 1.31. The molecule has 0 radical (unpaired) electrons. The van der Waals surface area contributed by atoms with E-state index in [-0.39, 0.29) is 0 Å². The lowest BCUT2D eigenvalue weighted by molar-refractivity contribution is 0.356. The van der Waals surface area contributed by atoms with Gasteiger partial charge in [0.15, 0.2) is 17.1 Å². The SMILES string of the molecule is COc1cccc(-c2cc3ncc(N)cn3n2)c1OC. The molecule has 3 rings (SSSR count). The van der Waals surface area contributed by atoms with Crippen LogP contribution in [0.5, 0.6) is 11.5 Å². The van der Waals surface area contributed by atoms with Crippen LogP contribution < -0.4 is 15.2 Å². The number of rotatable bonds is 3. The van der Waals surface area contributed by atoms with Crippen molar-refractivity contribution in [3.05, 3.63) is 36.7 Å². The number of fused-ring (bicyclic) bond motifs is 1. The van der Waals surface area contributed by atoms with E-state index in [0.29, 0.717) is 17.2 Å². The van der Waals surface area contributed by atoms with Crippen LogP contribution in [0.1, 0.15) is 0 Å². The molecule has 0 amide bonds. The van der Waals surface area contributed by atoms with Crippen LogP contribution in [0, 0.1) is 0 Å². The summed E-state index contributed by atoms with van der Waals surface area (Å²) < 4.78 is 12.4. The van der Waals surface area contributed by atoms with E-state index in [4.69, 9.17) is 15.2 Å². The maximum absolute atomic E-state index is 5.71. The van der Waals surface area contributed by atoms with Crippen molar-refractivity contribution in [1.82, 2.24) is 14.6 Å². The summed E-state index contributed by atoms with van der Waals surface area (Å²) in [6.07, 6.45) is 3.32. The van der Waals surface area contributed by atoms with Crippen molar-refractivity contribution in [3.8, 4) is 22.8 Å². The van der Waals surface area contributed by atoms with Crippen molar-refractivity contribution >= 4 is 11.3 Å². The Bertz CT molecular complexity index is 767. The molecule has 2 N–H and O–H groups in total. The number of aromatic nitrogens is 3. The summed E-state index contributed by atoms with van der Waals surface area (Å²) in [4.78, 5) is 4.23. The first-order valence-electron chi connectivity index (χ1n) is 6.05. The summed E-state index contributed by atoms with van der Waals surface area (Å²) in [6.45, 7) is 0. The summed E-state index contributed by atoms with van der Waals surface area (Å²) in [5.41, 5.74) is 8.58. The molecule has 0 saturated heterocycles. The number of methoxy groups -OCH3 is 2. The number of anilines is 1. The molecule has 6 heteroatoms. The van der Waals surface area contributed by atoms with E-state index in [1.165, 1.54) is 0 Å². The summed E-state index contributed by atoms with van der Waals surface area (Å²) >= 11 is 0. The molecule has 0 atom stereocenters. The van der Waals surface area contributed by atoms with Crippen LogP contribution in [0.15, 0.2) is 36.7 Å². The second-order valence-corrected chi connectivity index (χ2v) is 4.26. The van der Waals surface area contributed by atoms with Crippen LogP contribution in [-0.2, 0) is 0 Å². The quantitative estimate of drug-likeness (QED) is 0.787. The molecule has 6 nitrogen and oxygen atoms in total. The number of nitrogen functional groups attached to an aromatic ring is 1. The van der Waals surface area contributed by atoms with E-state index in [1.807, 2.05) is 24.3 Å². The lowest BCUT2D eigenvalue weighted by Crippen LogP contribution is -1.95. The molecule has 20 heavy (non-hydrogen) atoms. The highest BCUT2D eigenvalue weighted by atomic mass is 16.5. The fourth-order valence-electron chi connectivity index (χ4n) is 2.11. The Hall–Kier alpha value is -2.76. The molecule has 102 valence electrons. The fourth-order valence-corrected chi connectivity index (χ4v) is 2.11. The van der Waals surface area contributed by atoms with Crippen LogP contribution >= 0.6 is 0 Å². The van der Waals surface area contributed by atoms with Gasteiger partial charge in [-0.15, -0.1) is 0 Å². The number of benzene rings is 1. The Morgan fingerprint density at radius 3 is 2.80 bits per heavy atom. The third-order valence-corrected chi connectivity index (χ3v) is 3.01. The van der Waals surface area contributed by atoms with Gasteiger partial charge in [-0.3, -0.25) is 0 Å². The predicted octanol–water partition coefficient (Wildman–Crippen LogP) is 2.00. The van der Waals surface area contributed by atoms with Crippen LogP contribution in [0.25, 0.3) is 16.9 Å². The van der Waals surface area contributed by atoms with Crippen molar-refractivity contribution in [1.29, 1.82) is 0 Å². The predicted molar refractivity (Wildman–Crippen MR) is 75.9 cm³/mol. The minimum atomic E-state index is 0.560. The van der Waals surface area contributed by atoms with Gasteiger partial charge in [-0.2, -0.15) is 5.10 Å². The van der Waals surface area contributed by atoms with E-state index in [1.54, 1.807) is 31.1 Å². The molecular weight excluding hydrogens is 256 g/mol. The molecule has 0 fully saturated rings. The topological polar surface area (TPSA) is 74.7 Å². The normalized spacial score (nSPS) is 10.7. The van der Waals surface area contributed by atoms with E-state index >= 15 is 0 Å². The van der Waals surface area contributed by atoms with E-state index in [9.17, 15) is 0 Å². The number of para-hydroxylation sites is 1. The number of nitrogens with zero attached hydrogens (tertiary/aromatic N) is 3. The van der Waals surface area contributed by atoms with E-state index in [2.05, 4.69) is 10.1 Å². The summed E-state index contributed by atoms with van der Waals surface area (Å²) in [7, 11) is 3.21. The van der Waals surface area contributed by atoms with E-state index < -0.39 is 0 Å². The van der Waals surface area contributed by atoms with Crippen molar-refractivity contribution in [3.63, 3.8) is 0 Å². The fraction of sp³-hybridized carbons (Fsp3) is 0.143. The Morgan fingerprint density at radius 2 is 2.05 bits per heavy atom. The minimum absolute atomic E-state index is 0.560. The largest absolute Gasteiger partial charge is 0.493 e. The Kier molecular flexibility index (Phi) is 2.90. The van der Waals surface area contributed by atoms with Crippen LogP contribution in [0.4, 0.5) is 5.69 Å². The molecule has 0 spiro atoms. The van der Waals surface area contributed by atoms with Gasteiger partial charge in [0.1, 0.15) is 0 Å². The number of ether oxygens (including phenoxy) is 2. The van der Waals surface area contributed by atoms with Crippen LogP contribution in [0.2, 0.25) is 0 Å². The van der Waals surface area contributed by atoms with E-state index in [0.717, 1.165) is 16.9 Å². The summed E-state index contributed by atoms with van der Waals surface area (Å²) in [5, 5.41) is 4.47. The average molecular weight is 270 g/mol. The van der Waals surface area contributed by atoms with Gasteiger partial charge in [0, 0.05) is 11.6 Å². The van der Waals surface area contributed by atoms with Crippen molar-refractivity contribution < 1.29 is 9.47 Å². The molecule has 0 aliphatic carbocycles. The van der Waals surface area contributed by atoms with Gasteiger partial charge < -0.3 is 15.2 Å². The smallest absolute Gasteiger partial charge is 0.170 e. The Labute approximate surface area is 115 Å². The molecule has 0 bridgehead atoms. The highest BCUT2D eigenvalue weighted by Gasteiger charge is 2.14. The Balaban J connectivity index is 2.20. The van der Waals surface area contributed by atoms with Crippen molar-refractivity contribution in [2.24, 2.45) is 0 Å². The third-order valence-electron chi connectivity index (χ3n) is 3.01. The third kappa shape index (κ3) is 1.91. The maximum Gasteiger partial charge on any atom is 0.170 e. The van der Waals surface area contributed by atoms with Gasteiger partial charge in [0.05, 0.1) is 38.0 Å². The van der Waals surface area contributed by atoms with Gasteiger partial charge in [0.25, 0.3) is 0 Å². The highest BCUT2D eigenvalue weighted by Crippen LogP contribution is 2.37. The van der Waals surface area contributed by atoms with Gasteiger partial charge >= 0.3 is 0 Å². The van der Waals surface area contributed by atoms with Gasteiger partial charge in [0.2, 0.25) is 0 Å². The zero-order valence-corrected chi connectivity index (χ0v) is 11.2. The second-order valence-electron chi connectivity index (χ2n) is 4.26. The lowest BCUT2D eigenvalue weighted by Gasteiger charge is -2.10. The molecule has 3 aromatic rings. The van der Waals surface area contributed by atoms with Crippen LogP contribution in [0.3, 0.4) is 0 Å². The molecule has 2 heterocycles. The molecule has 1 aromatic carbocycles. The number of hydrogen-bond acceptors (Lipinski definition) is 5. The first-order chi connectivity index (χ1) is 9.72. The minimum Gasteiger partial charge on any atom is -0.493 e. The van der Waals surface area contributed by atoms with Crippen molar-refractivity contribution in [2.45, 2.75) is 0 Å². The van der Waals surface area contributed by atoms with Crippen molar-refractivity contribution in [2.75, 3.05) is 20.0 Å². The van der Waals surface area contributed by atoms with Crippen LogP contribution in [-0.4, -0.2) is 28.8 Å². The van der Waals surface area contributed by atoms with Gasteiger partial charge in [-0.1, -0.05) is 6.07 Å². The van der Waals surface area contributed by atoms with Gasteiger partial charge in [-0.05, 0) is 12.1 Å². The molecule has 2 aromatic heterocycles.